The molecular weight excluding hydrogens is 252 g/mol. The fourth-order valence-corrected chi connectivity index (χ4v) is 2.50. The molecule has 0 amide bonds. The van der Waals surface area contributed by atoms with E-state index in [1.807, 2.05) is 30.3 Å². The number of phenols is 1. The van der Waals surface area contributed by atoms with Crippen molar-refractivity contribution in [2.75, 3.05) is 23.8 Å². The van der Waals surface area contributed by atoms with Gasteiger partial charge in [0.2, 0.25) is 0 Å². The minimum absolute atomic E-state index is 0.279. The second kappa shape index (κ2) is 5.33. The van der Waals surface area contributed by atoms with Crippen LogP contribution in [0.2, 0.25) is 0 Å². The molecule has 0 saturated carbocycles. The lowest BCUT2D eigenvalue weighted by molar-refractivity contribution is 0.322. The smallest absolute Gasteiger partial charge is 0.142 e. The summed E-state index contributed by atoms with van der Waals surface area (Å²) in [6, 6.07) is 13.2. The first-order valence-electron chi connectivity index (χ1n) is 6.78. The lowest BCUT2D eigenvalue weighted by Crippen LogP contribution is -2.23. The van der Waals surface area contributed by atoms with Crippen molar-refractivity contribution < 1.29 is 9.84 Å². The van der Waals surface area contributed by atoms with Gasteiger partial charge in [-0.2, -0.15) is 0 Å². The standard InChI is InChI=1S/C16H18N2O2/c17-13-6-7-15(19)12(10-13)11-18-8-3-9-20-16-5-2-1-4-14(16)18/h1-2,4-7,10,19H,3,8-9,11,17H2. The molecule has 1 aliphatic heterocycles. The summed E-state index contributed by atoms with van der Waals surface area (Å²) >= 11 is 0. The third kappa shape index (κ3) is 2.50. The van der Waals surface area contributed by atoms with Gasteiger partial charge in [0.25, 0.3) is 0 Å². The summed E-state index contributed by atoms with van der Waals surface area (Å²) < 4.78 is 5.74. The highest BCUT2D eigenvalue weighted by Gasteiger charge is 2.17. The van der Waals surface area contributed by atoms with Crippen LogP contribution in [0.3, 0.4) is 0 Å². The Morgan fingerprint density at radius 3 is 2.95 bits per heavy atom. The molecular formula is C16H18N2O2. The Balaban J connectivity index is 1.92. The third-order valence-electron chi connectivity index (χ3n) is 3.50. The summed E-state index contributed by atoms with van der Waals surface area (Å²) in [5.41, 5.74) is 8.36. The second-order valence-corrected chi connectivity index (χ2v) is 4.98. The number of nitrogens with two attached hydrogens (primary N) is 1. The van der Waals surface area contributed by atoms with Gasteiger partial charge >= 0.3 is 0 Å². The van der Waals surface area contributed by atoms with E-state index in [1.165, 1.54) is 0 Å². The van der Waals surface area contributed by atoms with Crippen LogP contribution in [0.4, 0.5) is 11.4 Å². The molecule has 4 nitrogen and oxygen atoms in total. The molecule has 2 aromatic rings. The fraction of sp³-hybridized carbons (Fsp3) is 0.250. The minimum Gasteiger partial charge on any atom is -0.508 e. The molecule has 1 aliphatic rings. The summed E-state index contributed by atoms with van der Waals surface area (Å²) in [6.07, 6.45) is 0.956. The molecule has 0 radical (unpaired) electrons. The molecule has 3 rings (SSSR count). The van der Waals surface area contributed by atoms with Gasteiger partial charge in [-0.25, -0.2) is 0 Å². The monoisotopic (exact) mass is 270 g/mol. The molecule has 0 atom stereocenters. The summed E-state index contributed by atoms with van der Waals surface area (Å²) in [5.74, 6) is 1.18. The number of nitrogens with zero attached hydrogens (tertiary/aromatic N) is 1. The quantitative estimate of drug-likeness (QED) is 0.651. The Labute approximate surface area is 118 Å². The fourth-order valence-electron chi connectivity index (χ4n) is 2.50. The van der Waals surface area contributed by atoms with Crippen LogP contribution in [0.15, 0.2) is 42.5 Å². The van der Waals surface area contributed by atoms with Gasteiger partial charge in [-0.15, -0.1) is 0 Å². The van der Waals surface area contributed by atoms with Crippen LogP contribution in [0.25, 0.3) is 0 Å². The molecule has 0 bridgehead atoms. The van der Waals surface area contributed by atoms with Crippen LogP contribution >= 0.6 is 0 Å². The number of aromatic hydroxyl groups is 1. The van der Waals surface area contributed by atoms with Gasteiger partial charge in [0, 0.05) is 24.3 Å². The number of phenolic OH excluding ortho intramolecular Hbond substituents is 1. The first-order valence-corrected chi connectivity index (χ1v) is 6.78. The van der Waals surface area contributed by atoms with Crippen LogP contribution in [0.1, 0.15) is 12.0 Å². The van der Waals surface area contributed by atoms with Gasteiger partial charge in [-0.3, -0.25) is 0 Å². The van der Waals surface area contributed by atoms with Crippen molar-refractivity contribution in [3.63, 3.8) is 0 Å². The number of rotatable bonds is 2. The van der Waals surface area contributed by atoms with E-state index in [4.69, 9.17) is 10.5 Å². The lowest BCUT2D eigenvalue weighted by atomic mass is 10.1. The molecule has 0 fully saturated rings. The Morgan fingerprint density at radius 1 is 1.20 bits per heavy atom. The number of ether oxygens (including phenoxy) is 1. The minimum atomic E-state index is 0.279. The van der Waals surface area contributed by atoms with E-state index in [2.05, 4.69) is 4.90 Å². The largest absolute Gasteiger partial charge is 0.508 e. The van der Waals surface area contributed by atoms with Crippen molar-refractivity contribution in [3.8, 4) is 11.5 Å². The van der Waals surface area contributed by atoms with E-state index in [0.29, 0.717) is 12.2 Å². The van der Waals surface area contributed by atoms with Crippen molar-refractivity contribution in [2.45, 2.75) is 13.0 Å². The molecule has 0 aliphatic carbocycles. The van der Waals surface area contributed by atoms with E-state index >= 15 is 0 Å². The summed E-state index contributed by atoms with van der Waals surface area (Å²) in [5, 5.41) is 9.97. The normalized spacial score (nSPS) is 14.3. The maximum Gasteiger partial charge on any atom is 0.142 e. The van der Waals surface area contributed by atoms with Crippen LogP contribution in [0.5, 0.6) is 11.5 Å². The van der Waals surface area contributed by atoms with Gasteiger partial charge in [-0.1, -0.05) is 12.1 Å². The molecule has 3 N–H and O–H groups in total. The number of hydrogen-bond acceptors (Lipinski definition) is 4. The van der Waals surface area contributed by atoms with E-state index < -0.39 is 0 Å². The van der Waals surface area contributed by atoms with Gasteiger partial charge < -0.3 is 20.5 Å². The average molecular weight is 270 g/mol. The number of anilines is 2. The van der Waals surface area contributed by atoms with E-state index in [9.17, 15) is 5.11 Å². The molecule has 20 heavy (non-hydrogen) atoms. The van der Waals surface area contributed by atoms with Crippen LogP contribution in [-0.2, 0) is 6.54 Å². The molecule has 2 aromatic carbocycles. The van der Waals surface area contributed by atoms with E-state index in [-0.39, 0.29) is 5.75 Å². The highest BCUT2D eigenvalue weighted by atomic mass is 16.5. The zero-order valence-electron chi connectivity index (χ0n) is 11.2. The van der Waals surface area contributed by atoms with Gasteiger partial charge in [-0.05, 0) is 36.8 Å². The van der Waals surface area contributed by atoms with Crippen molar-refractivity contribution in [2.24, 2.45) is 0 Å². The predicted molar refractivity (Wildman–Crippen MR) is 80.1 cm³/mol. The third-order valence-corrected chi connectivity index (χ3v) is 3.50. The number of nitrogen functional groups attached to an aromatic ring is 1. The molecule has 0 aromatic heterocycles. The maximum atomic E-state index is 9.97. The van der Waals surface area contributed by atoms with E-state index in [1.54, 1.807) is 12.1 Å². The summed E-state index contributed by atoms with van der Waals surface area (Å²) in [6.45, 7) is 2.24. The second-order valence-electron chi connectivity index (χ2n) is 4.98. The molecule has 1 heterocycles. The van der Waals surface area contributed by atoms with Gasteiger partial charge in [0.15, 0.2) is 0 Å². The highest BCUT2D eigenvalue weighted by Crippen LogP contribution is 2.33. The first-order chi connectivity index (χ1) is 9.74. The number of fused-ring (bicyclic) bond motifs is 1. The lowest BCUT2D eigenvalue weighted by Gasteiger charge is -2.24. The van der Waals surface area contributed by atoms with Crippen molar-refractivity contribution in [1.82, 2.24) is 0 Å². The Morgan fingerprint density at radius 2 is 2.05 bits per heavy atom. The molecule has 0 spiro atoms. The molecule has 0 unspecified atom stereocenters. The Hall–Kier alpha value is -2.36. The maximum absolute atomic E-state index is 9.97. The van der Waals surface area contributed by atoms with Crippen molar-refractivity contribution in [3.05, 3.63) is 48.0 Å². The van der Waals surface area contributed by atoms with Gasteiger partial charge in [0.05, 0.1) is 12.3 Å². The summed E-state index contributed by atoms with van der Waals surface area (Å²) in [7, 11) is 0. The SMILES string of the molecule is Nc1ccc(O)c(CN2CCCOc3ccccc32)c1. The predicted octanol–water partition coefficient (Wildman–Crippen LogP) is 2.76. The average Bonchev–Trinajstić information content (AvgIpc) is 2.66. The van der Waals surface area contributed by atoms with Crippen molar-refractivity contribution >= 4 is 11.4 Å². The van der Waals surface area contributed by atoms with Gasteiger partial charge in [0.1, 0.15) is 11.5 Å². The topological polar surface area (TPSA) is 58.7 Å². The highest BCUT2D eigenvalue weighted by molar-refractivity contribution is 5.60. The molecule has 4 heteroatoms. The number of hydrogen-bond donors (Lipinski definition) is 2. The number of benzene rings is 2. The molecule has 0 saturated heterocycles. The first kappa shape index (κ1) is 12.7. The van der Waals surface area contributed by atoms with Crippen LogP contribution in [-0.4, -0.2) is 18.3 Å². The van der Waals surface area contributed by atoms with Crippen LogP contribution in [0, 0.1) is 0 Å². The zero-order valence-corrected chi connectivity index (χ0v) is 11.2. The molecule has 104 valence electrons. The Bertz CT molecular complexity index is 613. The zero-order chi connectivity index (χ0) is 13.9. The van der Waals surface area contributed by atoms with E-state index in [0.717, 1.165) is 36.6 Å². The summed E-state index contributed by atoms with van der Waals surface area (Å²) in [4.78, 5) is 2.22. The van der Waals surface area contributed by atoms with Crippen LogP contribution < -0.4 is 15.4 Å². The Kier molecular flexibility index (Phi) is 3.37. The van der Waals surface area contributed by atoms with Crippen molar-refractivity contribution in [1.29, 1.82) is 0 Å². The number of para-hydroxylation sites is 2.